The number of Topliss-reactive ketones (excluding diaryl/α,β-unsaturated/α-hetero) is 1. The van der Waals surface area contributed by atoms with Crippen LogP contribution in [0.25, 0.3) is 0 Å². The summed E-state index contributed by atoms with van der Waals surface area (Å²) in [5.74, 6) is 0.656. The fraction of sp³-hybridized carbons (Fsp3) is 0.500. The van der Waals surface area contributed by atoms with Crippen LogP contribution >= 0.6 is 0 Å². The van der Waals surface area contributed by atoms with Gasteiger partial charge in [0.25, 0.3) is 0 Å². The average Bonchev–Trinajstić information content (AvgIpc) is 2.37. The van der Waals surface area contributed by atoms with Gasteiger partial charge in [0.2, 0.25) is 10.0 Å². The van der Waals surface area contributed by atoms with Crippen LogP contribution in [0, 0.1) is 18.8 Å². The second-order valence-corrected chi connectivity index (χ2v) is 7.44. The summed E-state index contributed by atoms with van der Waals surface area (Å²) in [6.07, 6.45) is 1.22. The lowest BCUT2D eigenvalue weighted by Crippen LogP contribution is -2.52. The lowest BCUT2D eigenvalue weighted by Gasteiger charge is -2.43. The molecule has 0 amide bonds. The van der Waals surface area contributed by atoms with Gasteiger partial charge >= 0.3 is 0 Å². The SMILES string of the molecule is Cc1ccc(S(=O)(=O)N2CC[C@H]3C(=O)C[C@H]3C2)cc1. The van der Waals surface area contributed by atoms with Gasteiger partial charge in [-0.25, -0.2) is 8.42 Å². The molecule has 19 heavy (non-hydrogen) atoms. The van der Waals surface area contributed by atoms with Crippen molar-refractivity contribution >= 4 is 15.8 Å². The Hall–Kier alpha value is -1.20. The van der Waals surface area contributed by atoms with E-state index in [-0.39, 0.29) is 11.8 Å². The van der Waals surface area contributed by atoms with Crippen molar-refractivity contribution in [3.8, 4) is 0 Å². The van der Waals surface area contributed by atoms with E-state index < -0.39 is 10.0 Å². The molecule has 1 aromatic rings. The highest BCUT2D eigenvalue weighted by molar-refractivity contribution is 7.89. The largest absolute Gasteiger partial charge is 0.299 e. The summed E-state index contributed by atoms with van der Waals surface area (Å²) in [5.41, 5.74) is 1.04. The number of fused-ring (bicyclic) bond motifs is 1. The zero-order valence-electron chi connectivity index (χ0n) is 10.9. The minimum atomic E-state index is -3.40. The molecular formula is C14H17NO3S. The number of ketones is 1. The van der Waals surface area contributed by atoms with Crippen molar-refractivity contribution in [2.45, 2.75) is 24.7 Å². The van der Waals surface area contributed by atoms with E-state index in [1.165, 1.54) is 4.31 Å². The standard InChI is InChI=1S/C14H17NO3S/c1-10-2-4-12(5-3-10)19(17,18)15-7-6-13-11(9-15)8-14(13)16/h2-5,11,13H,6-9H2,1H3/t11-,13+/m0/s1. The first-order valence-corrected chi connectivity index (χ1v) is 8.02. The van der Waals surface area contributed by atoms with Crippen LogP contribution in [-0.4, -0.2) is 31.6 Å². The molecule has 4 nitrogen and oxygen atoms in total. The Bertz CT molecular complexity index is 606. The molecule has 102 valence electrons. The highest BCUT2D eigenvalue weighted by Crippen LogP contribution is 2.38. The molecule has 2 aliphatic rings. The summed E-state index contributed by atoms with van der Waals surface area (Å²) < 4.78 is 26.5. The van der Waals surface area contributed by atoms with Gasteiger partial charge < -0.3 is 0 Å². The van der Waals surface area contributed by atoms with Crippen LogP contribution < -0.4 is 0 Å². The topological polar surface area (TPSA) is 54.5 Å². The number of nitrogens with zero attached hydrogens (tertiary/aromatic N) is 1. The van der Waals surface area contributed by atoms with Crippen molar-refractivity contribution in [2.24, 2.45) is 11.8 Å². The Kier molecular flexibility index (Phi) is 2.98. The lowest BCUT2D eigenvalue weighted by molar-refractivity contribution is -0.136. The summed E-state index contributed by atoms with van der Waals surface area (Å²) in [4.78, 5) is 11.7. The quantitative estimate of drug-likeness (QED) is 0.826. The molecule has 0 radical (unpaired) electrons. The first-order valence-electron chi connectivity index (χ1n) is 6.58. The van der Waals surface area contributed by atoms with Crippen LogP contribution in [0.3, 0.4) is 0 Å². The molecule has 1 aliphatic carbocycles. The van der Waals surface area contributed by atoms with Crippen LogP contribution in [-0.2, 0) is 14.8 Å². The normalized spacial score (nSPS) is 27.7. The highest BCUT2D eigenvalue weighted by Gasteiger charge is 2.45. The third kappa shape index (κ3) is 2.11. The lowest BCUT2D eigenvalue weighted by atomic mass is 9.69. The van der Waals surface area contributed by atoms with Gasteiger partial charge in [-0.05, 0) is 31.4 Å². The van der Waals surface area contributed by atoms with Crippen LogP contribution in [0.5, 0.6) is 0 Å². The number of hydrogen-bond acceptors (Lipinski definition) is 3. The summed E-state index contributed by atoms with van der Waals surface area (Å²) in [6.45, 7) is 2.89. The predicted octanol–water partition coefficient (Wildman–Crippen LogP) is 1.59. The Morgan fingerprint density at radius 3 is 2.47 bits per heavy atom. The number of rotatable bonds is 2. The number of hydrogen-bond donors (Lipinski definition) is 0. The Balaban J connectivity index is 1.81. The number of aryl methyl sites for hydroxylation is 1. The molecule has 5 heteroatoms. The van der Waals surface area contributed by atoms with Crippen molar-refractivity contribution in [3.05, 3.63) is 29.8 Å². The van der Waals surface area contributed by atoms with Crippen LogP contribution in [0.2, 0.25) is 0 Å². The third-order valence-corrected chi connectivity index (χ3v) is 6.11. The average molecular weight is 279 g/mol. The van der Waals surface area contributed by atoms with Crippen molar-refractivity contribution in [3.63, 3.8) is 0 Å². The number of piperidine rings is 1. The fourth-order valence-corrected chi connectivity index (χ4v) is 4.47. The van der Waals surface area contributed by atoms with Gasteiger partial charge in [-0.2, -0.15) is 4.31 Å². The number of carbonyl (C=O) groups is 1. The van der Waals surface area contributed by atoms with Gasteiger partial charge in [0.15, 0.2) is 0 Å². The van der Waals surface area contributed by atoms with Gasteiger partial charge in [-0.1, -0.05) is 17.7 Å². The molecule has 3 rings (SSSR count). The molecule has 1 heterocycles. The van der Waals surface area contributed by atoms with Gasteiger partial charge in [0.05, 0.1) is 4.90 Å². The summed E-state index contributed by atoms with van der Waals surface area (Å²) in [7, 11) is -3.40. The molecule has 1 aliphatic heterocycles. The number of sulfonamides is 1. The first kappa shape index (κ1) is 12.8. The van der Waals surface area contributed by atoms with Gasteiger partial charge in [-0.3, -0.25) is 4.79 Å². The second kappa shape index (κ2) is 4.42. The van der Waals surface area contributed by atoms with E-state index in [4.69, 9.17) is 0 Å². The Morgan fingerprint density at radius 1 is 1.21 bits per heavy atom. The maximum atomic E-state index is 12.5. The van der Waals surface area contributed by atoms with Gasteiger partial charge in [0.1, 0.15) is 5.78 Å². The molecule has 0 spiro atoms. The van der Waals surface area contributed by atoms with Crippen molar-refractivity contribution in [1.82, 2.24) is 4.31 Å². The summed E-state index contributed by atoms with van der Waals surface area (Å²) in [5, 5.41) is 0. The van der Waals surface area contributed by atoms with E-state index in [0.29, 0.717) is 36.6 Å². The maximum absolute atomic E-state index is 12.5. The summed E-state index contributed by atoms with van der Waals surface area (Å²) in [6, 6.07) is 6.93. The van der Waals surface area contributed by atoms with Crippen LogP contribution in [0.4, 0.5) is 0 Å². The zero-order chi connectivity index (χ0) is 13.6. The Labute approximate surface area is 113 Å². The van der Waals surface area contributed by atoms with E-state index in [1.807, 2.05) is 19.1 Å². The third-order valence-electron chi connectivity index (χ3n) is 4.23. The minimum absolute atomic E-state index is 0.115. The monoisotopic (exact) mass is 279 g/mol. The molecule has 0 unspecified atom stereocenters. The molecule has 1 aromatic carbocycles. The van der Waals surface area contributed by atoms with Crippen LogP contribution in [0.1, 0.15) is 18.4 Å². The highest BCUT2D eigenvalue weighted by atomic mass is 32.2. The van der Waals surface area contributed by atoms with Crippen LogP contribution in [0.15, 0.2) is 29.2 Å². The van der Waals surface area contributed by atoms with Crippen molar-refractivity contribution in [1.29, 1.82) is 0 Å². The minimum Gasteiger partial charge on any atom is -0.299 e. The summed E-state index contributed by atoms with van der Waals surface area (Å²) >= 11 is 0. The molecular weight excluding hydrogens is 262 g/mol. The second-order valence-electron chi connectivity index (χ2n) is 5.50. The smallest absolute Gasteiger partial charge is 0.243 e. The van der Waals surface area contributed by atoms with Crippen molar-refractivity contribution < 1.29 is 13.2 Å². The number of carbonyl (C=O) groups excluding carboxylic acids is 1. The maximum Gasteiger partial charge on any atom is 0.243 e. The molecule has 0 bridgehead atoms. The Morgan fingerprint density at radius 2 is 1.89 bits per heavy atom. The van der Waals surface area contributed by atoms with Gasteiger partial charge in [0, 0.05) is 25.4 Å². The molecule has 0 aromatic heterocycles. The molecule has 1 saturated heterocycles. The predicted molar refractivity (Wildman–Crippen MR) is 71.2 cm³/mol. The van der Waals surface area contributed by atoms with E-state index >= 15 is 0 Å². The van der Waals surface area contributed by atoms with E-state index in [9.17, 15) is 13.2 Å². The zero-order valence-corrected chi connectivity index (χ0v) is 11.7. The van der Waals surface area contributed by atoms with E-state index in [2.05, 4.69) is 0 Å². The van der Waals surface area contributed by atoms with Crippen molar-refractivity contribution in [2.75, 3.05) is 13.1 Å². The molecule has 2 fully saturated rings. The first-order chi connectivity index (χ1) is 8.98. The number of benzene rings is 1. The van der Waals surface area contributed by atoms with E-state index in [0.717, 1.165) is 5.56 Å². The van der Waals surface area contributed by atoms with Gasteiger partial charge in [-0.15, -0.1) is 0 Å². The van der Waals surface area contributed by atoms with E-state index in [1.54, 1.807) is 12.1 Å². The molecule has 2 atom stereocenters. The fourth-order valence-electron chi connectivity index (χ4n) is 2.96. The molecule has 0 N–H and O–H groups in total. The molecule has 1 saturated carbocycles.